The lowest BCUT2D eigenvalue weighted by molar-refractivity contribution is -0.137. The van der Waals surface area contributed by atoms with Gasteiger partial charge in [-0.25, -0.2) is 0 Å². The smallest absolute Gasteiger partial charge is 0.303 e. The summed E-state index contributed by atoms with van der Waals surface area (Å²) < 4.78 is 10.5. The molecule has 1 N–H and O–H groups in total. The topological polar surface area (TPSA) is 55.8 Å². The minimum atomic E-state index is -0.737. The second-order valence-electron chi connectivity index (χ2n) is 4.23. The number of unbranched alkanes of at least 4 members (excludes halogenated alkanes) is 1. The van der Waals surface area contributed by atoms with E-state index < -0.39 is 5.97 Å². The number of carboxylic acids is 1. The molecule has 0 saturated heterocycles. The molecule has 0 atom stereocenters. The van der Waals surface area contributed by atoms with Crippen molar-refractivity contribution in [1.82, 2.24) is 0 Å². The zero-order valence-electron chi connectivity index (χ0n) is 11.2. The van der Waals surface area contributed by atoms with Gasteiger partial charge in [0.1, 0.15) is 0 Å². The molecule has 100 valence electrons. The highest BCUT2D eigenvalue weighted by Crippen LogP contribution is 2.30. The van der Waals surface area contributed by atoms with Crippen molar-refractivity contribution in [3.05, 3.63) is 23.3 Å². The van der Waals surface area contributed by atoms with Crippen LogP contribution in [0.3, 0.4) is 0 Å². The molecule has 0 amide bonds. The maximum absolute atomic E-state index is 10.4. The normalized spacial score (nSPS) is 10.2. The molecule has 0 aliphatic carbocycles. The minimum absolute atomic E-state index is 0.229. The summed E-state index contributed by atoms with van der Waals surface area (Å²) in [5.74, 6) is 0.708. The summed E-state index contributed by atoms with van der Waals surface area (Å²) in [5, 5.41) is 8.58. The van der Waals surface area contributed by atoms with E-state index in [2.05, 4.69) is 0 Å². The van der Waals surface area contributed by atoms with Crippen LogP contribution in [0.5, 0.6) is 11.5 Å². The Bertz CT molecular complexity index is 413. The second kappa shape index (κ2) is 6.89. The number of hydrogen-bond donors (Lipinski definition) is 1. The van der Waals surface area contributed by atoms with Crippen molar-refractivity contribution in [2.75, 3.05) is 14.2 Å². The standard InChI is InChI=1S/C14H20O4/c1-10-8-12(17-2)13(18-3)9-11(10)6-4-5-7-14(15)16/h8-9H,4-7H2,1-3H3,(H,15,16). The average Bonchev–Trinajstić information content (AvgIpc) is 2.35. The van der Waals surface area contributed by atoms with E-state index in [9.17, 15) is 4.79 Å². The first-order valence-electron chi connectivity index (χ1n) is 6.01. The van der Waals surface area contributed by atoms with Crippen molar-refractivity contribution >= 4 is 5.97 Å². The van der Waals surface area contributed by atoms with Crippen LogP contribution in [0, 0.1) is 6.92 Å². The first kappa shape index (κ1) is 14.4. The SMILES string of the molecule is COc1cc(C)c(CCCCC(=O)O)cc1OC. The van der Waals surface area contributed by atoms with Crippen LogP contribution >= 0.6 is 0 Å². The van der Waals surface area contributed by atoms with E-state index in [1.165, 1.54) is 5.56 Å². The summed E-state index contributed by atoms with van der Waals surface area (Å²) in [4.78, 5) is 10.4. The van der Waals surface area contributed by atoms with Gasteiger partial charge in [0.25, 0.3) is 0 Å². The predicted octanol–water partition coefficient (Wildman–Crippen LogP) is 2.81. The molecule has 1 aromatic carbocycles. The Balaban J connectivity index is 2.68. The maximum Gasteiger partial charge on any atom is 0.303 e. The summed E-state index contributed by atoms with van der Waals surface area (Å²) in [6.07, 6.45) is 2.65. The van der Waals surface area contributed by atoms with E-state index in [4.69, 9.17) is 14.6 Å². The van der Waals surface area contributed by atoms with E-state index in [-0.39, 0.29) is 6.42 Å². The molecule has 0 heterocycles. The molecule has 4 heteroatoms. The molecule has 0 aliphatic heterocycles. The number of methoxy groups -OCH3 is 2. The number of ether oxygens (including phenoxy) is 2. The summed E-state index contributed by atoms with van der Waals surface area (Å²) in [7, 11) is 3.23. The van der Waals surface area contributed by atoms with E-state index in [1.807, 2.05) is 19.1 Å². The molecule has 0 bridgehead atoms. The highest BCUT2D eigenvalue weighted by molar-refractivity contribution is 5.66. The van der Waals surface area contributed by atoms with Gasteiger partial charge in [-0.2, -0.15) is 0 Å². The van der Waals surface area contributed by atoms with Gasteiger partial charge in [-0.05, 0) is 49.4 Å². The first-order chi connectivity index (χ1) is 8.58. The van der Waals surface area contributed by atoms with Gasteiger partial charge in [0.2, 0.25) is 0 Å². The fourth-order valence-corrected chi connectivity index (χ4v) is 1.88. The van der Waals surface area contributed by atoms with E-state index in [0.29, 0.717) is 6.42 Å². The van der Waals surface area contributed by atoms with Crippen LogP contribution in [0.2, 0.25) is 0 Å². The van der Waals surface area contributed by atoms with Gasteiger partial charge in [-0.15, -0.1) is 0 Å². The van der Waals surface area contributed by atoms with E-state index in [0.717, 1.165) is 29.9 Å². The van der Waals surface area contributed by atoms with Crippen LogP contribution in [-0.2, 0) is 11.2 Å². The van der Waals surface area contributed by atoms with Crippen LogP contribution < -0.4 is 9.47 Å². The fourth-order valence-electron chi connectivity index (χ4n) is 1.88. The molecule has 1 aromatic rings. The monoisotopic (exact) mass is 252 g/mol. The molecule has 0 radical (unpaired) electrons. The lowest BCUT2D eigenvalue weighted by atomic mass is 10.0. The van der Waals surface area contributed by atoms with Crippen LogP contribution in [-0.4, -0.2) is 25.3 Å². The van der Waals surface area contributed by atoms with Gasteiger partial charge in [0, 0.05) is 6.42 Å². The van der Waals surface area contributed by atoms with Crippen LogP contribution in [0.4, 0.5) is 0 Å². The zero-order valence-corrected chi connectivity index (χ0v) is 11.2. The fraction of sp³-hybridized carbons (Fsp3) is 0.500. The molecule has 1 rings (SSSR count). The van der Waals surface area contributed by atoms with Crippen LogP contribution in [0.1, 0.15) is 30.4 Å². The predicted molar refractivity (Wildman–Crippen MR) is 69.5 cm³/mol. The van der Waals surface area contributed by atoms with Crippen molar-refractivity contribution < 1.29 is 19.4 Å². The largest absolute Gasteiger partial charge is 0.493 e. The molecule has 4 nitrogen and oxygen atoms in total. The van der Waals surface area contributed by atoms with Gasteiger partial charge in [0.15, 0.2) is 11.5 Å². The van der Waals surface area contributed by atoms with Gasteiger partial charge in [0.05, 0.1) is 14.2 Å². The number of aliphatic carboxylic acids is 1. The quantitative estimate of drug-likeness (QED) is 0.758. The molecule has 0 unspecified atom stereocenters. The second-order valence-corrected chi connectivity index (χ2v) is 4.23. The van der Waals surface area contributed by atoms with Gasteiger partial charge >= 0.3 is 5.97 Å². The maximum atomic E-state index is 10.4. The third-order valence-corrected chi connectivity index (χ3v) is 2.93. The van der Waals surface area contributed by atoms with Crippen LogP contribution in [0.25, 0.3) is 0 Å². The number of aryl methyl sites for hydroxylation is 2. The van der Waals surface area contributed by atoms with Crippen molar-refractivity contribution in [2.24, 2.45) is 0 Å². The van der Waals surface area contributed by atoms with Crippen molar-refractivity contribution in [3.63, 3.8) is 0 Å². The lowest BCUT2D eigenvalue weighted by Gasteiger charge is -2.12. The summed E-state index contributed by atoms with van der Waals surface area (Å²) in [6.45, 7) is 2.02. The van der Waals surface area contributed by atoms with Gasteiger partial charge < -0.3 is 14.6 Å². The molecule has 0 spiro atoms. The summed E-state index contributed by atoms with van der Waals surface area (Å²) in [5.41, 5.74) is 2.32. The highest BCUT2D eigenvalue weighted by atomic mass is 16.5. The first-order valence-corrected chi connectivity index (χ1v) is 6.01. The zero-order chi connectivity index (χ0) is 13.5. The Hall–Kier alpha value is -1.71. The Labute approximate surface area is 108 Å². The molecule has 0 aromatic heterocycles. The highest BCUT2D eigenvalue weighted by Gasteiger charge is 2.08. The van der Waals surface area contributed by atoms with Gasteiger partial charge in [-0.1, -0.05) is 0 Å². The number of carbonyl (C=O) groups is 1. The third kappa shape index (κ3) is 3.95. The molecular weight excluding hydrogens is 232 g/mol. The average molecular weight is 252 g/mol. The van der Waals surface area contributed by atoms with E-state index >= 15 is 0 Å². The molecule has 0 aliphatic rings. The molecule has 0 saturated carbocycles. The number of benzene rings is 1. The Morgan fingerprint density at radius 1 is 1.17 bits per heavy atom. The Kier molecular flexibility index (Phi) is 5.49. The minimum Gasteiger partial charge on any atom is -0.493 e. The van der Waals surface area contributed by atoms with Crippen molar-refractivity contribution in [1.29, 1.82) is 0 Å². The molecular formula is C14H20O4. The lowest BCUT2D eigenvalue weighted by Crippen LogP contribution is -1.98. The summed E-state index contributed by atoms with van der Waals surface area (Å²) in [6, 6.07) is 3.92. The number of rotatable bonds is 7. The number of carboxylic acid groups (broad SMARTS) is 1. The number of hydrogen-bond acceptors (Lipinski definition) is 3. The van der Waals surface area contributed by atoms with Crippen molar-refractivity contribution in [3.8, 4) is 11.5 Å². The van der Waals surface area contributed by atoms with Gasteiger partial charge in [-0.3, -0.25) is 4.79 Å². The summed E-state index contributed by atoms with van der Waals surface area (Å²) >= 11 is 0. The molecule has 18 heavy (non-hydrogen) atoms. The van der Waals surface area contributed by atoms with Crippen LogP contribution in [0.15, 0.2) is 12.1 Å². The van der Waals surface area contributed by atoms with Crippen molar-refractivity contribution in [2.45, 2.75) is 32.6 Å². The molecule has 0 fully saturated rings. The van der Waals surface area contributed by atoms with E-state index in [1.54, 1.807) is 14.2 Å². The third-order valence-electron chi connectivity index (χ3n) is 2.93. The Morgan fingerprint density at radius 3 is 2.33 bits per heavy atom. The Morgan fingerprint density at radius 2 is 1.78 bits per heavy atom.